The van der Waals surface area contributed by atoms with Crippen molar-refractivity contribution in [2.45, 2.75) is 20.0 Å². The Kier molecular flexibility index (Phi) is 5.23. The predicted molar refractivity (Wildman–Crippen MR) is 92.5 cm³/mol. The lowest BCUT2D eigenvalue weighted by Crippen LogP contribution is -2.22. The van der Waals surface area contributed by atoms with Crippen LogP contribution in [0.25, 0.3) is 11.5 Å². The molecular formula is C19H21N3O2. The van der Waals surface area contributed by atoms with Crippen LogP contribution in [0.1, 0.15) is 18.4 Å². The maximum Gasteiger partial charge on any atom is 0.251 e. The summed E-state index contributed by atoms with van der Waals surface area (Å²) in [6.07, 6.45) is 0. The molecule has 0 radical (unpaired) electrons. The van der Waals surface area contributed by atoms with Gasteiger partial charge in [-0.3, -0.25) is 4.90 Å². The van der Waals surface area contributed by atoms with Crippen molar-refractivity contribution in [1.82, 2.24) is 15.1 Å². The van der Waals surface area contributed by atoms with Gasteiger partial charge < -0.3 is 9.15 Å². The van der Waals surface area contributed by atoms with Gasteiger partial charge in [-0.2, -0.15) is 0 Å². The first-order valence-corrected chi connectivity index (χ1v) is 8.02. The highest BCUT2D eigenvalue weighted by molar-refractivity contribution is 5.62. The van der Waals surface area contributed by atoms with Gasteiger partial charge in [0, 0.05) is 6.54 Å². The van der Waals surface area contributed by atoms with E-state index in [4.69, 9.17) is 9.15 Å². The third-order valence-corrected chi connectivity index (χ3v) is 3.86. The number of nitrogens with zero attached hydrogens (tertiary/aromatic N) is 3. The van der Waals surface area contributed by atoms with Crippen molar-refractivity contribution in [3.05, 3.63) is 66.1 Å². The quantitative estimate of drug-likeness (QED) is 0.662. The monoisotopic (exact) mass is 323 g/mol. The Morgan fingerprint density at radius 1 is 0.958 bits per heavy atom. The van der Waals surface area contributed by atoms with Gasteiger partial charge in [0.05, 0.1) is 19.2 Å². The lowest BCUT2D eigenvalue weighted by atomic mass is 10.2. The Morgan fingerprint density at radius 3 is 2.46 bits per heavy atom. The van der Waals surface area contributed by atoms with Crippen LogP contribution in [0.15, 0.2) is 59.0 Å². The van der Waals surface area contributed by atoms with Crippen molar-refractivity contribution in [1.29, 1.82) is 0 Å². The van der Waals surface area contributed by atoms with Crippen LogP contribution < -0.4 is 4.74 Å². The molecule has 0 atom stereocenters. The SMILES string of the molecule is CCN(Cc1ccccc1)Cc1nnc(-c2ccccc2OC)o1. The van der Waals surface area contributed by atoms with Crippen LogP contribution in [0.2, 0.25) is 0 Å². The van der Waals surface area contributed by atoms with E-state index in [1.54, 1.807) is 7.11 Å². The largest absolute Gasteiger partial charge is 0.496 e. The first kappa shape index (κ1) is 16.2. The van der Waals surface area contributed by atoms with Gasteiger partial charge in [0.1, 0.15) is 5.75 Å². The van der Waals surface area contributed by atoms with Crippen molar-refractivity contribution in [2.24, 2.45) is 0 Å². The number of hydrogen-bond donors (Lipinski definition) is 0. The summed E-state index contributed by atoms with van der Waals surface area (Å²) in [5.41, 5.74) is 2.08. The van der Waals surface area contributed by atoms with Crippen LogP contribution in [0.5, 0.6) is 5.75 Å². The average molecular weight is 323 g/mol. The Morgan fingerprint density at radius 2 is 1.71 bits per heavy atom. The molecule has 0 aliphatic carbocycles. The third-order valence-electron chi connectivity index (χ3n) is 3.86. The van der Waals surface area contributed by atoms with Gasteiger partial charge in [-0.15, -0.1) is 10.2 Å². The first-order valence-electron chi connectivity index (χ1n) is 8.02. The van der Waals surface area contributed by atoms with E-state index in [2.05, 4.69) is 46.3 Å². The standard InChI is InChI=1S/C19H21N3O2/c1-3-22(13-15-9-5-4-6-10-15)14-18-20-21-19(24-18)16-11-7-8-12-17(16)23-2/h4-12H,3,13-14H2,1-2H3. The summed E-state index contributed by atoms with van der Waals surface area (Å²) in [6.45, 7) is 4.50. The summed E-state index contributed by atoms with van der Waals surface area (Å²) in [4.78, 5) is 2.26. The molecule has 1 aromatic heterocycles. The minimum Gasteiger partial charge on any atom is -0.496 e. The topological polar surface area (TPSA) is 51.4 Å². The van der Waals surface area contributed by atoms with E-state index in [-0.39, 0.29) is 0 Å². The summed E-state index contributed by atoms with van der Waals surface area (Å²) < 4.78 is 11.2. The zero-order chi connectivity index (χ0) is 16.8. The highest BCUT2D eigenvalue weighted by Gasteiger charge is 2.15. The zero-order valence-electron chi connectivity index (χ0n) is 14.0. The zero-order valence-corrected chi connectivity index (χ0v) is 14.0. The molecule has 0 amide bonds. The fourth-order valence-corrected chi connectivity index (χ4v) is 2.56. The predicted octanol–water partition coefficient (Wildman–Crippen LogP) is 3.77. The molecule has 0 saturated carbocycles. The number of hydrogen-bond acceptors (Lipinski definition) is 5. The number of rotatable bonds is 7. The van der Waals surface area contributed by atoms with Crippen LogP contribution in [0.4, 0.5) is 0 Å². The van der Waals surface area contributed by atoms with Gasteiger partial charge in [0.25, 0.3) is 5.89 Å². The third kappa shape index (κ3) is 3.81. The van der Waals surface area contributed by atoms with Crippen molar-refractivity contribution >= 4 is 0 Å². The van der Waals surface area contributed by atoms with Crippen LogP contribution in [-0.4, -0.2) is 28.8 Å². The van der Waals surface area contributed by atoms with E-state index in [9.17, 15) is 0 Å². The number of methoxy groups -OCH3 is 1. The minimum absolute atomic E-state index is 0.484. The molecule has 0 saturated heterocycles. The van der Waals surface area contributed by atoms with Crippen molar-refractivity contribution < 1.29 is 9.15 Å². The first-order chi connectivity index (χ1) is 11.8. The molecule has 0 spiro atoms. The normalized spacial score (nSPS) is 11.0. The highest BCUT2D eigenvalue weighted by atomic mass is 16.5. The fourth-order valence-electron chi connectivity index (χ4n) is 2.56. The fraction of sp³-hybridized carbons (Fsp3) is 0.263. The number of para-hydroxylation sites is 1. The van der Waals surface area contributed by atoms with E-state index in [0.717, 1.165) is 24.4 Å². The highest BCUT2D eigenvalue weighted by Crippen LogP contribution is 2.28. The molecule has 0 unspecified atom stereocenters. The molecule has 0 fully saturated rings. The molecule has 0 bridgehead atoms. The molecule has 5 heteroatoms. The van der Waals surface area contributed by atoms with E-state index >= 15 is 0 Å². The summed E-state index contributed by atoms with van der Waals surface area (Å²) in [5, 5.41) is 8.35. The summed E-state index contributed by atoms with van der Waals surface area (Å²) in [6, 6.07) is 18.0. The van der Waals surface area contributed by atoms with Crippen molar-refractivity contribution in [3.63, 3.8) is 0 Å². The van der Waals surface area contributed by atoms with Crippen LogP contribution in [0, 0.1) is 0 Å². The molecule has 2 aromatic carbocycles. The maximum atomic E-state index is 5.84. The Balaban J connectivity index is 1.73. The van der Waals surface area contributed by atoms with E-state index in [1.165, 1.54) is 5.56 Å². The smallest absolute Gasteiger partial charge is 0.251 e. The molecule has 1 heterocycles. The second-order valence-electron chi connectivity index (χ2n) is 5.49. The van der Waals surface area contributed by atoms with Gasteiger partial charge in [0.15, 0.2) is 0 Å². The Labute approximate surface area is 141 Å². The van der Waals surface area contributed by atoms with Gasteiger partial charge in [-0.1, -0.05) is 49.4 Å². The molecule has 24 heavy (non-hydrogen) atoms. The maximum absolute atomic E-state index is 5.84. The molecule has 3 aromatic rings. The second kappa shape index (κ2) is 7.75. The van der Waals surface area contributed by atoms with Crippen LogP contribution in [-0.2, 0) is 13.1 Å². The molecule has 124 valence electrons. The molecule has 5 nitrogen and oxygen atoms in total. The van der Waals surface area contributed by atoms with Crippen molar-refractivity contribution in [2.75, 3.05) is 13.7 Å². The Hall–Kier alpha value is -2.66. The van der Waals surface area contributed by atoms with E-state index in [1.807, 2.05) is 30.3 Å². The second-order valence-corrected chi connectivity index (χ2v) is 5.49. The Bertz CT molecular complexity index is 771. The molecule has 0 aliphatic rings. The summed E-state index contributed by atoms with van der Waals surface area (Å²) in [5.74, 6) is 1.82. The van der Waals surface area contributed by atoms with Gasteiger partial charge >= 0.3 is 0 Å². The van der Waals surface area contributed by atoms with E-state index < -0.39 is 0 Å². The van der Waals surface area contributed by atoms with Crippen LogP contribution >= 0.6 is 0 Å². The molecule has 0 N–H and O–H groups in total. The van der Waals surface area contributed by atoms with Gasteiger partial charge in [-0.05, 0) is 24.2 Å². The van der Waals surface area contributed by atoms with Gasteiger partial charge in [-0.25, -0.2) is 0 Å². The molecular weight excluding hydrogens is 302 g/mol. The molecule has 3 rings (SSSR count). The van der Waals surface area contributed by atoms with Gasteiger partial charge in [0.2, 0.25) is 5.89 Å². The number of aromatic nitrogens is 2. The summed E-state index contributed by atoms with van der Waals surface area (Å²) >= 11 is 0. The number of benzene rings is 2. The van der Waals surface area contributed by atoms with Crippen molar-refractivity contribution in [3.8, 4) is 17.2 Å². The van der Waals surface area contributed by atoms with E-state index in [0.29, 0.717) is 18.3 Å². The summed E-state index contributed by atoms with van der Waals surface area (Å²) in [7, 11) is 1.63. The lowest BCUT2D eigenvalue weighted by molar-refractivity contribution is 0.243. The lowest BCUT2D eigenvalue weighted by Gasteiger charge is -2.18. The minimum atomic E-state index is 0.484. The number of ether oxygens (including phenoxy) is 1. The average Bonchev–Trinajstić information content (AvgIpc) is 3.10. The molecule has 0 aliphatic heterocycles. The van der Waals surface area contributed by atoms with Crippen LogP contribution in [0.3, 0.4) is 0 Å².